The molecule has 6 aromatic carbocycles. The molecule has 0 bridgehead atoms. The van der Waals surface area contributed by atoms with Crippen LogP contribution in [0.15, 0.2) is 146 Å². The maximum Gasteiger partial charge on any atom is 0.165 e. The fourth-order valence-electron chi connectivity index (χ4n) is 9.50. The van der Waals surface area contributed by atoms with Crippen LogP contribution in [0.2, 0.25) is 0 Å². The van der Waals surface area contributed by atoms with Crippen molar-refractivity contribution in [3.05, 3.63) is 191 Å². The largest absolute Gasteiger partial charge is 0.304 e. The van der Waals surface area contributed by atoms with Crippen molar-refractivity contribution in [1.29, 1.82) is 0 Å². The number of aryl methyl sites for hydroxylation is 1. The van der Waals surface area contributed by atoms with Gasteiger partial charge in [-0.1, -0.05) is 188 Å². The second-order valence-electron chi connectivity index (χ2n) is 18.9. The Hall–Kier alpha value is -5.87. The van der Waals surface area contributed by atoms with Gasteiger partial charge >= 0.3 is 0 Å². The van der Waals surface area contributed by atoms with Crippen LogP contribution in [0, 0.1) is 6.07 Å². The van der Waals surface area contributed by atoms with E-state index in [2.05, 4.69) is 194 Å². The van der Waals surface area contributed by atoms with Crippen molar-refractivity contribution in [1.82, 2.24) is 19.9 Å². The number of pyridine rings is 1. The Morgan fingerprint density at radius 2 is 1.02 bits per heavy atom. The molecule has 0 N–H and O–H groups in total. The normalized spacial score (nSPS) is 13.3. The third-order valence-corrected chi connectivity index (χ3v) is 12.9. The van der Waals surface area contributed by atoms with E-state index in [1.165, 1.54) is 74.0 Å². The van der Waals surface area contributed by atoms with E-state index in [-0.39, 0.29) is 30.9 Å². The first kappa shape index (κ1) is 41.5. The summed E-state index contributed by atoms with van der Waals surface area (Å²) in [6, 6.07) is 54.8. The summed E-state index contributed by atoms with van der Waals surface area (Å²) in [6.45, 7) is 15.6. The van der Waals surface area contributed by atoms with E-state index >= 15 is 0 Å². The molecule has 0 saturated heterocycles. The third kappa shape index (κ3) is 6.96. The van der Waals surface area contributed by atoms with E-state index in [1.54, 1.807) is 0 Å². The first-order chi connectivity index (χ1) is 29.4. The molecular formula is C57H51IrN4-. The van der Waals surface area contributed by atoms with Crippen molar-refractivity contribution in [2.24, 2.45) is 0 Å². The minimum atomic E-state index is -0.401. The van der Waals surface area contributed by atoms with Crippen molar-refractivity contribution in [2.75, 3.05) is 0 Å². The number of benzene rings is 6. The van der Waals surface area contributed by atoms with Gasteiger partial charge in [-0.05, 0) is 79.4 Å². The molecule has 2 aliphatic carbocycles. The fourth-order valence-corrected chi connectivity index (χ4v) is 9.50. The Balaban J connectivity index is 0.00000490. The smallest absolute Gasteiger partial charge is 0.165 e. The van der Waals surface area contributed by atoms with Gasteiger partial charge in [0.15, 0.2) is 17.5 Å². The minimum Gasteiger partial charge on any atom is -0.304 e. The summed E-state index contributed by atoms with van der Waals surface area (Å²) >= 11 is 0. The molecule has 8 aromatic rings. The molecular weight excluding hydrogens is 933 g/mol. The van der Waals surface area contributed by atoms with Gasteiger partial charge in [-0.2, -0.15) is 0 Å². The van der Waals surface area contributed by atoms with Crippen LogP contribution in [-0.2, 0) is 42.8 Å². The SMILES string of the molecule is CCCCc1ccc2c(c1)-c1cc(-c3ccc(-c4nc(-c5ccc(C(C)(C)C)cc5)nc(-c5ccc(C(C)(C)C)cc5)n4)cn3)[c-]cc1C21c2ccccc2-c2ccccc21.[Ir]. The molecule has 10 rings (SSSR count). The van der Waals surface area contributed by atoms with Gasteiger partial charge in [-0.3, -0.25) is 0 Å². The molecule has 1 spiro atoms. The van der Waals surface area contributed by atoms with Crippen molar-refractivity contribution < 1.29 is 20.1 Å². The number of hydrogen-bond acceptors (Lipinski definition) is 4. The van der Waals surface area contributed by atoms with Crippen LogP contribution in [0.1, 0.15) is 100 Å². The van der Waals surface area contributed by atoms with E-state index in [0.717, 1.165) is 34.4 Å². The van der Waals surface area contributed by atoms with E-state index in [9.17, 15) is 0 Å². The summed E-state index contributed by atoms with van der Waals surface area (Å²) < 4.78 is 0. The maximum absolute atomic E-state index is 5.08. The zero-order chi connectivity index (χ0) is 42.1. The molecule has 309 valence electrons. The number of fused-ring (bicyclic) bond motifs is 10. The quantitative estimate of drug-likeness (QED) is 0.149. The predicted octanol–water partition coefficient (Wildman–Crippen LogP) is 14.0. The molecule has 0 amide bonds. The number of hydrogen-bond donors (Lipinski definition) is 0. The summed E-state index contributed by atoms with van der Waals surface area (Å²) in [6.07, 6.45) is 5.30. The molecule has 2 aromatic heterocycles. The molecule has 0 saturated carbocycles. The third-order valence-electron chi connectivity index (χ3n) is 12.9. The first-order valence-electron chi connectivity index (χ1n) is 21.8. The second-order valence-corrected chi connectivity index (χ2v) is 18.9. The Morgan fingerprint density at radius 1 is 0.516 bits per heavy atom. The maximum atomic E-state index is 5.08. The van der Waals surface area contributed by atoms with Crippen LogP contribution in [0.4, 0.5) is 0 Å². The van der Waals surface area contributed by atoms with Gasteiger partial charge in [0.2, 0.25) is 0 Å². The first-order valence-corrected chi connectivity index (χ1v) is 21.8. The topological polar surface area (TPSA) is 51.6 Å². The van der Waals surface area contributed by atoms with Gasteiger partial charge in [0.1, 0.15) is 0 Å². The van der Waals surface area contributed by atoms with Crippen LogP contribution in [-0.4, -0.2) is 19.9 Å². The Morgan fingerprint density at radius 3 is 1.53 bits per heavy atom. The number of nitrogens with zero attached hydrogens (tertiary/aromatic N) is 4. The Kier molecular flexibility index (Phi) is 10.6. The molecule has 0 aliphatic heterocycles. The van der Waals surface area contributed by atoms with Crippen LogP contribution >= 0.6 is 0 Å². The molecule has 2 heterocycles. The molecule has 0 atom stereocenters. The number of aromatic nitrogens is 4. The number of rotatable bonds is 7. The standard InChI is InChI=1S/C57H51N4.Ir/c1-8-9-14-36-19-30-49-45(33-36)46-34-39(24-31-50(46)57(49)47-17-12-10-15-43(47)44-16-11-13-18-48(44)57)51-32-25-40(35-58-51)54-60-52(37-20-26-41(27-21-37)55(2,3)4)59-53(61-54)38-22-28-42(29-23-38)56(5,6)7;/h10-13,15-23,25-35H,8-9,14H2,1-7H3;/q-1;. The van der Waals surface area contributed by atoms with Crippen molar-refractivity contribution in [2.45, 2.75) is 84.0 Å². The van der Waals surface area contributed by atoms with Gasteiger partial charge in [-0.25, -0.2) is 15.0 Å². The minimum absolute atomic E-state index is 0. The van der Waals surface area contributed by atoms with Gasteiger partial charge in [-0.15, -0.1) is 29.3 Å². The summed E-state index contributed by atoms with van der Waals surface area (Å²) in [5, 5.41) is 0. The van der Waals surface area contributed by atoms with Crippen molar-refractivity contribution in [3.63, 3.8) is 0 Å². The van der Waals surface area contributed by atoms with Gasteiger partial charge in [0.05, 0.1) is 0 Å². The molecule has 1 radical (unpaired) electrons. The van der Waals surface area contributed by atoms with Crippen LogP contribution in [0.5, 0.6) is 0 Å². The molecule has 62 heavy (non-hydrogen) atoms. The second kappa shape index (κ2) is 15.8. The summed E-state index contributed by atoms with van der Waals surface area (Å²) in [5.74, 6) is 1.86. The van der Waals surface area contributed by atoms with Gasteiger partial charge in [0, 0.05) is 48.4 Å². The zero-order valence-corrected chi connectivity index (χ0v) is 39.0. The summed E-state index contributed by atoms with van der Waals surface area (Å²) in [5.41, 5.74) is 18.6. The molecule has 0 fully saturated rings. The average molecular weight is 984 g/mol. The zero-order valence-electron chi connectivity index (χ0n) is 36.6. The van der Waals surface area contributed by atoms with Gasteiger partial charge < -0.3 is 4.98 Å². The summed E-state index contributed by atoms with van der Waals surface area (Å²) in [7, 11) is 0. The van der Waals surface area contributed by atoms with Crippen LogP contribution in [0.3, 0.4) is 0 Å². The van der Waals surface area contributed by atoms with E-state index < -0.39 is 5.41 Å². The average Bonchev–Trinajstić information content (AvgIpc) is 3.74. The number of unbranched alkanes of at least 4 members (excludes halogenated alkanes) is 1. The van der Waals surface area contributed by atoms with E-state index in [0.29, 0.717) is 17.5 Å². The van der Waals surface area contributed by atoms with Crippen molar-refractivity contribution >= 4 is 0 Å². The molecule has 5 heteroatoms. The fraction of sp³-hybridized carbons (Fsp3) is 0.228. The summed E-state index contributed by atoms with van der Waals surface area (Å²) in [4.78, 5) is 20.2. The predicted molar refractivity (Wildman–Crippen MR) is 251 cm³/mol. The van der Waals surface area contributed by atoms with E-state index in [4.69, 9.17) is 19.9 Å². The Bertz CT molecular complexity index is 2830. The van der Waals surface area contributed by atoms with E-state index in [1.807, 2.05) is 6.20 Å². The Labute approximate surface area is 380 Å². The van der Waals surface area contributed by atoms with Crippen LogP contribution < -0.4 is 0 Å². The van der Waals surface area contributed by atoms with Crippen molar-refractivity contribution in [3.8, 4) is 67.7 Å². The monoisotopic (exact) mass is 984 g/mol. The van der Waals surface area contributed by atoms with Gasteiger partial charge in [0.25, 0.3) is 0 Å². The molecule has 4 nitrogen and oxygen atoms in total. The molecule has 0 unspecified atom stereocenters. The van der Waals surface area contributed by atoms with Crippen LogP contribution in [0.25, 0.3) is 67.7 Å². The molecule has 2 aliphatic rings.